The summed E-state index contributed by atoms with van der Waals surface area (Å²) in [5.74, 6) is -0.450. The summed E-state index contributed by atoms with van der Waals surface area (Å²) in [4.78, 5) is 28.2. The van der Waals surface area contributed by atoms with E-state index in [1.54, 1.807) is 18.2 Å². The average molecular weight is 359 g/mol. The molecule has 1 aromatic carbocycles. The highest BCUT2D eigenvalue weighted by Crippen LogP contribution is 2.24. The lowest BCUT2D eigenvalue weighted by molar-refractivity contribution is 0.101. The number of carbonyl (C=O) groups is 1. The summed E-state index contributed by atoms with van der Waals surface area (Å²) >= 11 is 6.04. The van der Waals surface area contributed by atoms with Gasteiger partial charge in [-0.25, -0.2) is 14.3 Å². The van der Waals surface area contributed by atoms with Crippen molar-refractivity contribution in [1.29, 1.82) is 0 Å². The molecule has 0 unspecified atom stereocenters. The van der Waals surface area contributed by atoms with Crippen molar-refractivity contribution in [2.45, 2.75) is 19.9 Å². The molecule has 1 N–H and O–H groups in total. The van der Waals surface area contributed by atoms with E-state index < -0.39 is 5.91 Å². The molecule has 0 bridgehead atoms. The second-order valence-electron chi connectivity index (χ2n) is 5.24. The van der Waals surface area contributed by atoms with Gasteiger partial charge in [0.15, 0.2) is 0 Å². The molecule has 0 aliphatic rings. The van der Waals surface area contributed by atoms with E-state index in [0.29, 0.717) is 22.9 Å². The zero-order valence-corrected chi connectivity index (χ0v) is 14.1. The van der Waals surface area contributed by atoms with Crippen LogP contribution in [0.1, 0.15) is 23.8 Å². The highest BCUT2D eigenvalue weighted by atomic mass is 35.5. The van der Waals surface area contributed by atoms with Crippen molar-refractivity contribution in [2.75, 3.05) is 5.32 Å². The summed E-state index contributed by atoms with van der Waals surface area (Å²) in [7, 11) is 0. The highest BCUT2D eigenvalue weighted by Gasteiger charge is 2.14. The van der Waals surface area contributed by atoms with Gasteiger partial charge >= 0.3 is 0 Å². The number of halogens is 1. The standard InChI is InChI=1S/C16H15ClN6O2/c1-2-7-22-15(24)6-4-12(21-22)16(25)20-13-8-11(17)3-5-14(13)23-10-18-9-19-23/h3-6,8-10H,2,7H2,1H3,(H,20,25). The van der Waals surface area contributed by atoms with Crippen molar-refractivity contribution in [3.05, 3.63) is 64.1 Å². The lowest BCUT2D eigenvalue weighted by atomic mass is 10.2. The first-order valence-corrected chi connectivity index (χ1v) is 8.00. The molecule has 2 aromatic heterocycles. The summed E-state index contributed by atoms with van der Waals surface area (Å²) in [6.45, 7) is 2.37. The lowest BCUT2D eigenvalue weighted by Crippen LogP contribution is -2.26. The largest absolute Gasteiger partial charge is 0.319 e. The van der Waals surface area contributed by atoms with Crippen LogP contribution in [-0.4, -0.2) is 30.5 Å². The van der Waals surface area contributed by atoms with Gasteiger partial charge < -0.3 is 5.32 Å². The van der Waals surface area contributed by atoms with Gasteiger partial charge in [-0.3, -0.25) is 9.59 Å². The van der Waals surface area contributed by atoms with Crippen molar-refractivity contribution in [2.24, 2.45) is 0 Å². The van der Waals surface area contributed by atoms with Crippen LogP contribution in [-0.2, 0) is 6.54 Å². The number of hydrogen-bond acceptors (Lipinski definition) is 5. The van der Waals surface area contributed by atoms with Gasteiger partial charge in [-0.2, -0.15) is 10.2 Å². The second-order valence-corrected chi connectivity index (χ2v) is 5.67. The van der Waals surface area contributed by atoms with Crippen molar-refractivity contribution in [3.63, 3.8) is 0 Å². The number of nitrogens with one attached hydrogen (secondary N) is 1. The molecule has 0 saturated carbocycles. The van der Waals surface area contributed by atoms with E-state index in [9.17, 15) is 9.59 Å². The van der Waals surface area contributed by atoms with E-state index >= 15 is 0 Å². The van der Waals surface area contributed by atoms with Crippen LogP contribution in [0, 0.1) is 0 Å². The summed E-state index contributed by atoms with van der Waals surface area (Å²) in [5, 5.41) is 11.4. The van der Waals surface area contributed by atoms with Crippen LogP contribution in [0.3, 0.4) is 0 Å². The lowest BCUT2D eigenvalue weighted by Gasteiger charge is -2.11. The summed E-state index contributed by atoms with van der Waals surface area (Å²) < 4.78 is 2.78. The van der Waals surface area contributed by atoms with E-state index in [2.05, 4.69) is 20.5 Å². The molecule has 2 heterocycles. The molecule has 0 atom stereocenters. The fourth-order valence-corrected chi connectivity index (χ4v) is 2.44. The van der Waals surface area contributed by atoms with Gasteiger partial charge in [-0.05, 0) is 30.7 Å². The quantitative estimate of drug-likeness (QED) is 0.754. The van der Waals surface area contributed by atoms with Crippen molar-refractivity contribution in [3.8, 4) is 5.69 Å². The third kappa shape index (κ3) is 3.74. The Balaban J connectivity index is 1.92. The summed E-state index contributed by atoms with van der Waals surface area (Å²) in [6.07, 6.45) is 3.64. The molecule has 3 aromatic rings. The number of amides is 1. The predicted molar refractivity (Wildman–Crippen MR) is 93.1 cm³/mol. The monoisotopic (exact) mass is 358 g/mol. The van der Waals surface area contributed by atoms with Gasteiger partial charge in [0.05, 0.1) is 11.4 Å². The smallest absolute Gasteiger partial charge is 0.276 e. The Morgan fingerprint density at radius 1 is 1.28 bits per heavy atom. The van der Waals surface area contributed by atoms with Gasteiger partial charge in [0, 0.05) is 17.6 Å². The van der Waals surface area contributed by atoms with E-state index in [1.807, 2.05) is 6.92 Å². The molecule has 128 valence electrons. The molecule has 0 spiro atoms. The number of anilines is 1. The number of nitrogens with zero attached hydrogens (tertiary/aromatic N) is 5. The molecule has 0 aliphatic heterocycles. The summed E-state index contributed by atoms with van der Waals surface area (Å²) in [5.41, 5.74) is 0.956. The molecule has 9 heteroatoms. The van der Waals surface area contributed by atoms with Gasteiger partial charge in [-0.1, -0.05) is 18.5 Å². The molecule has 0 saturated heterocycles. The van der Waals surface area contributed by atoms with Crippen LogP contribution in [0.4, 0.5) is 5.69 Å². The molecule has 1 amide bonds. The molecule has 0 radical (unpaired) electrons. The molecule has 3 rings (SSSR count). The van der Waals surface area contributed by atoms with Gasteiger partial charge in [0.2, 0.25) is 0 Å². The molecular weight excluding hydrogens is 344 g/mol. The molecule has 25 heavy (non-hydrogen) atoms. The number of benzene rings is 1. The third-order valence-corrected chi connectivity index (χ3v) is 3.64. The Hall–Kier alpha value is -3.00. The summed E-state index contributed by atoms with van der Waals surface area (Å²) in [6, 6.07) is 7.74. The first kappa shape index (κ1) is 16.8. The zero-order chi connectivity index (χ0) is 17.8. The van der Waals surface area contributed by atoms with Crippen molar-refractivity contribution < 1.29 is 4.79 Å². The first-order valence-electron chi connectivity index (χ1n) is 7.62. The Morgan fingerprint density at radius 2 is 2.12 bits per heavy atom. The number of carbonyl (C=O) groups excluding carboxylic acids is 1. The number of aromatic nitrogens is 5. The minimum atomic E-state index is -0.450. The Bertz CT molecular complexity index is 952. The maximum Gasteiger partial charge on any atom is 0.276 e. The van der Waals surface area contributed by atoms with Crippen LogP contribution in [0.2, 0.25) is 5.02 Å². The molecular formula is C16H15ClN6O2. The van der Waals surface area contributed by atoms with Gasteiger partial charge in [0.25, 0.3) is 11.5 Å². The number of rotatable bonds is 5. The first-order chi connectivity index (χ1) is 12.1. The normalized spacial score (nSPS) is 10.6. The van der Waals surface area contributed by atoms with Crippen LogP contribution in [0.25, 0.3) is 5.69 Å². The maximum atomic E-state index is 12.5. The Labute approximate surface area is 148 Å². The molecule has 0 fully saturated rings. The Morgan fingerprint density at radius 3 is 2.84 bits per heavy atom. The Kier molecular flexibility index (Phi) is 4.90. The van der Waals surface area contributed by atoms with Crippen LogP contribution >= 0.6 is 11.6 Å². The molecule has 0 aliphatic carbocycles. The van der Waals surface area contributed by atoms with Gasteiger partial charge in [-0.15, -0.1) is 0 Å². The van der Waals surface area contributed by atoms with E-state index in [0.717, 1.165) is 6.42 Å². The fraction of sp³-hybridized carbons (Fsp3) is 0.188. The van der Waals surface area contributed by atoms with E-state index in [-0.39, 0.29) is 11.3 Å². The van der Waals surface area contributed by atoms with Crippen LogP contribution in [0.5, 0.6) is 0 Å². The maximum absolute atomic E-state index is 12.5. The number of aryl methyl sites for hydroxylation is 1. The fourth-order valence-electron chi connectivity index (χ4n) is 2.27. The van der Waals surface area contributed by atoms with Crippen LogP contribution in [0.15, 0.2) is 47.8 Å². The van der Waals surface area contributed by atoms with Crippen molar-refractivity contribution >= 4 is 23.2 Å². The number of hydrogen-bond donors (Lipinski definition) is 1. The minimum absolute atomic E-state index is 0.137. The minimum Gasteiger partial charge on any atom is -0.319 e. The predicted octanol–water partition coefficient (Wildman–Crippen LogP) is 2.14. The van der Waals surface area contributed by atoms with E-state index in [4.69, 9.17) is 11.6 Å². The SMILES string of the molecule is CCCn1nc(C(=O)Nc2cc(Cl)ccc2-n2cncn2)ccc1=O. The van der Waals surface area contributed by atoms with E-state index in [1.165, 1.54) is 34.2 Å². The molecule has 8 nitrogen and oxygen atoms in total. The third-order valence-electron chi connectivity index (χ3n) is 3.41. The van der Waals surface area contributed by atoms with Gasteiger partial charge in [0.1, 0.15) is 18.3 Å². The van der Waals surface area contributed by atoms with Crippen LogP contribution < -0.4 is 10.9 Å². The second kappa shape index (κ2) is 7.27. The zero-order valence-electron chi connectivity index (χ0n) is 13.4. The highest BCUT2D eigenvalue weighted by molar-refractivity contribution is 6.31. The van der Waals surface area contributed by atoms with Crippen molar-refractivity contribution in [1.82, 2.24) is 24.5 Å². The topological polar surface area (TPSA) is 94.7 Å². The average Bonchev–Trinajstić information content (AvgIpc) is 3.11.